The lowest BCUT2D eigenvalue weighted by molar-refractivity contribution is -0.126. The van der Waals surface area contributed by atoms with Crippen LogP contribution in [0.1, 0.15) is 36.5 Å². The Morgan fingerprint density at radius 3 is 2.33 bits per heavy atom. The summed E-state index contributed by atoms with van der Waals surface area (Å²) in [5, 5.41) is 5.27. The van der Waals surface area contributed by atoms with E-state index in [1.807, 2.05) is 6.92 Å². The summed E-state index contributed by atoms with van der Waals surface area (Å²) in [5.41, 5.74) is 0.918. The lowest BCUT2D eigenvalue weighted by atomic mass is 10.2. The van der Waals surface area contributed by atoms with Crippen LogP contribution in [0.3, 0.4) is 0 Å². The molecule has 1 rings (SSSR count). The Hall–Kier alpha value is -2.37. The van der Waals surface area contributed by atoms with E-state index in [1.165, 1.54) is 7.11 Å². The van der Waals surface area contributed by atoms with Crippen molar-refractivity contribution < 1.29 is 19.1 Å². The van der Waals surface area contributed by atoms with Crippen LogP contribution in [-0.4, -0.2) is 31.4 Å². The second-order valence-corrected chi connectivity index (χ2v) is 4.50. The van der Waals surface area contributed by atoms with Gasteiger partial charge in [-0.05, 0) is 30.7 Å². The molecule has 6 nitrogen and oxygen atoms in total. The first-order chi connectivity index (χ1) is 10.1. The number of nitrogens with one attached hydrogen (secondary N) is 2. The molecule has 2 N–H and O–H groups in total. The van der Waals surface area contributed by atoms with Crippen LogP contribution in [0.2, 0.25) is 0 Å². The Morgan fingerprint density at radius 1 is 1.10 bits per heavy atom. The average Bonchev–Trinajstić information content (AvgIpc) is 2.47. The fourth-order valence-corrected chi connectivity index (χ4v) is 1.63. The second-order valence-electron chi connectivity index (χ2n) is 4.50. The number of rotatable bonds is 7. The molecule has 0 aliphatic heterocycles. The topological polar surface area (TPSA) is 84.5 Å². The van der Waals surface area contributed by atoms with Gasteiger partial charge in [0, 0.05) is 12.2 Å². The number of carbonyl (C=O) groups is 3. The summed E-state index contributed by atoms with van der Waals surface area (Å²) in [5.74, 6) is -1.13. The van der Waals surface area contributed by atoms with Crippen molar-refractivity contribution in [3.8, 4) is 0 Å². The molecule has 0 spiro atoms. The van der Waals surface area contributed by atoms with E-state index < -0.39 is 11.9 Å². The minimum absolute atomic E-state index is 0.220. The van der Waals surface area contributed by atoms with E-state index in [1.54, 1.807) is 24.3 Å². The van der Waals surface area contributed by atoms with Crippen molar-refractivity contribution in [2.45, 2.75) is 26.2 Å². The SMILES string of the molecule is CCCCNC(=O)CC(=O)Nc1ccc(C(=O)OC)cc1. The van der Waals surface area contributed by atoms with Gasteiger partial charge in [0.15, 0.2) is 0 Å². The predicted molar refractivity (Wildman–Crippen MR) is 78.9 cm³/mol. The molecule has 0 atom stereocenters. The number of carbonyl (C=O) groups excluding carboxylic acids is 3. The number of methoxy groups -OCH3 is 1. The Balaban J connectivity index is 2.44. The number of benzene rings is 1. The quantitative estimate of drug-likeness (QED) is 0.455. The van der Waals surface area contributed by atoms with E-state index in [-0.39, 0.29) is 12.3 Å². The number of ether oxygens (including phenoxy) is 1. The standard InChI is InChI=1S/C15H20N2O4/c1-3-4-9-16-13(18)10-14(19)17-12-7-5-11(6-8-12)15(20)21-2/h5-8H,3-4,9-10H2,1-2H3,(H,16,18)(H,17,19). The maximum atomic E-state index is 11.7. The van der Waals surface area contributed by atoms with E-state index in [0.29, 0.717) is 17.8 Å². The van der Waals surface area contributed by atoms with Gasteiger partial charge in [0.2, 0.25) is 11.8 Å². The van der Waals surface area contributed by atoms with E-state index in [4.69, 9.17) is 0 Å². The highest BCUT2D eigenvalue weighted by molar-refractivity contribution is 6.03. The van der Waals surface area contributed by atoms with Gasteiger partial charge in [-0.1, -0.05) is 13.3 Å². The van der Waals surface area contributed by atoms with Crippen LogP contribution in [0.25, 0.3) is 0 Å². The molecule has 6 heteroatoms. The molecular formula is C15H20N2O4. The molecule has 0 saturated heterocycles. The van der Waals surface area contributed by atoms with Crippen LogP contribution in [0.4, 0.5) is 5.69 Å². The van der Waals surface area contributed by atoms with Crippen molar-refractivity contribution in [1.82, 2.24) is 5.32 Å². The monoisotopic (exact) mass is 292 g/mol. The molecule has 2 amide bonds. The third kappa shape index (κ3) is 6.07. The lowest BCUT2D eigenvalue weighted by Gasteiger charge is -2.07. The largest absolute Gasteiger partial charge is 0.465 e. The predicted octanol–water partition coefficient (Wildman–Crippen LogP) is 1.72. The molecule has 1 aromatic carbocycles. The second kappa shape index (κ2) is 8.73. The lowest BCUT2D eigenvalue weighted by Crippen LogP contribution is -2.28. The van der Waals surface area contributed by atoms with Gasteiger partial charge >= 0.3 is 5.97 Å². The molecule has 0 aromatic heterocycles. The number of hydrogen-bond acceptors (Lipinski definition) is 4. The molecule has 0 aliphatic carbocycles. The molecular weight excluding hydrogens is 272 g/mol. The molecule has 0 radical (unpaired) electrons. The maximum Gasteiger partial charge on any atom is 0.337 e. The van der Waals surface area contributed by atoms with Crippen LogP contribution < -0.4 is 10.6 Å². The first-order valence-electron chi connectivity index (χ1n) is 6.81. The van der Waals surface area contributed by atoms with Crippen molar-refractivity contribution in [3.63, 3.8) is 0 Å². The van der Waals surface area contributed by atoms with Gasteiger partial charge in [-0.2, -0.15) is 0 Å². The smallest absolute Gasteiger partial charge is 0.337 e. The third-order valence-electron chi connectivity index (χ3n) is 2.76. The van der Waals surface area contributed by atoms with Crippen LogP contribution in [0.5, 0.6) is 0 Å². The van der Waals surface area contributed by atoms with Crippen molar-refractivity contribution >= 4 is 23.5 Å². The van der Waals surface area contributed by atoms with Crippen LogP contribution in [0.15, 0.2) is 24.3 Å². The zero-order chi connectivity index (χ0) is 15.7. The number of unbranched alkanes of at least 4 members (excludes halogenated alkanes) is 1. The van der Waals surface area contributed by atoms with Gasteiger partial charge < -0.3 is 15.4 Å². The highest BCUT2D eigenvalue weighted by atomic mass is 16.5. The van der Waals surface area contributed by atoms with Crippen molar-refractivity contribution in [2.75, 3.05) is 19.0 Å². The van der Waals surface area contributed by atoms with E-state index >= 15 is 0 Å². The Labute approximate surface area is 123 Å². The molecule has 0 aliphatic rings. The molecule has 21 heavy (non-hydrogen) atoms. The molecule has 1 aromatic rings. The van der Waals surface area contributed by atoms with Gasteiger partial charge in [-0.25, -0.2) is 4.79 Å². The van der Waals surface area contributed by atoms with Crippen LogP contribution >= 0.6 is 0 Å². The van der Waals surface area contributed by atoms with Crippen molar-refractivity contribution in [3.05, 3.63) is 29.8 Å². The van der Waals surface area contributed by atoms with Gasteiger partial charge in [-0.3, -0.25) is 9.59 Å². The normalized spacial score (nSPS) is 9.81. The molecule has 0 bridgehead atoms. The first kappa shape index (κ1) is 16.7. The molecule has 0 unspecified atom stereocenters. The van der Waals surface area contributed by atoms with Gasteiger partial charge in [0.05, 0.1) is 12.7 Å². The molecule has 0 saturated carbocycles. The zero-order valence-electron chi connectivity index (χ0n) is 12.3. The fourth-order valence-electron chi connectivity index (χ4n) is 1.63. The highest BCUT2D eigenvalue weighted by Crippen LogP contribution is 2.10. The minimum Gasteiger partial charge on any atom is -0.465 e. The number of hydrogen-bond donors (Lipinski definition) is 2. The average molecular weight is 292 g/mol. The van der Waals surface area contributed by atoms with Gasteiger partial charge in [0.25, 0.3) is 0 Å². The van der Waals surface area contributed by atoms with E-state index in [2.05, 4.69) is 15.4 Å². The van der Waals surface area contributed by atoms with E-state index in [0.717, 1.165) is 12.8 Å². The Kier molecular flexibility index (Phi) is 6.94. The summed E-state index contributed by atoms with van der Waals surface area (Å²) in [6, 6.07) is 6.25. The van der Waals surface area contributed by atoms with Crippen LogP contribution in [0, 0.1) is 0 Å². The Bertz CT molecular complexity index is 497. The molecule has 114 valence electrons. The number of anilines is 1. The summed E-state index contributed by atoms with van der Waals surface area (Å²) in [4.78, 5) is 34.4. The highest BCUT2D eigenvalue weighted by Gasteiger charge is 2.10. The Morgan fingerprint density at radius 2 is 1.76 bits per heavy atom. The fraction of sp³-hybridized carbons (Fsp3) is 0.400. The minimum atomic E-state index is -0.442. The summed E-state index contributed by atoms with van der Waals surface area (Å²) < 4.78 is 4.58. The third-order valence-corrected chi connectivity index (χ3v) is 2.76. The summed E-state index contributed by atoms with van der Waals surface area (Å²) in [7, 11) is 1.30. The summed E-state index contributed by atoms with van der Waals surface area (Å²) in [6.07, 6.45) is 1.66. The maximum absolute atomic E-state index is 11.7. The molecule has 0 heterocycles. The zero-order valence-corrected chi connectivity index (χ0v) is 12.3. The number of amides is 2. The van der Waals surface area contributed by atoms with E-state index in [9.17, 15) is 14.4 Å². The first-order valence-corrected chi connectivity index (χ1v) is 6.81. The number of esters is 1. The van der Waals surface area contributed by atoms with Crippen LogP contribution in [-0.2, 0) is 14.3 Å². The summed E-state index contributed by atoms with van der Waals surface area (Å²) >= 11 is 0. The van der Waals surface area contributed by atoms with Crippen molar-refractivity contribution in [2.24, 2.45) is 0 Å². The molecule has 0 fully saturated rings. The van der Waals surface area contributed by atoms with Crippen molar-refractivity contribution in [1.29, 1.82) is 0 Å². The van der Waals surface area contributed by atoms with Gasteiger partial charge in [0.1, 0.15) is 6.42 Å². The van der Waals surface area contributed by atoms with Gasteiger partial charge in [-0.15, -0.1) is 0 Å². The summed E-state index contributed by atoms with van der Waals surface area (Å²) in [6.45, 7) is 2.60.